The number of amides is 3. The van der Waals surface area contributed by atoms with Crippen molar-refractivity contribution < 1.29 is 23.5 Å². The predicted molar refractivity (Wildman–Crippen MR) is 163 cm³/mol. The summed E-state index contributed by atoms with van der Waals surface area (Å²) >= 11 is 2.17. The quantitative estimate of drug-likeness (QED) is 0.244. The summed E-state index contributed by atoms with van der Waals surface area (Å²) in [5.41, 5.74) is 1.61. The molecule has 43 heavy (non-hydrogen) atoms. The number of rotatable bonds is 6. The highest BCUT2D eigenvalue weighted by atomic mass is 32.2. The molecule has 3 amide bonds. The van der Waals surface area contributed by atoms with Crippen molar-refractivity contribution in [2.75, 3.05) is 16.8 Å². The molecule has 3 heterocycles. The molecular weight excluding hydrogens is 590 g/mol. The zero-order chi connectivity index (χ0) is 29.7. The largest absolute Gasteiger partial charge is 0.484 e. The number of halogens is 1. The number of hydrogen-bond donors (Lipinski definition) is 2. The second kappa shape index (κ2) is 10.8. The Morgan fingerprint density at radius 2 is 1.70 bits per heavy atom. The Balaban J connectivity index is 1.14. The van der Waals surface area contributed by atoms with Crippen molar-refractivity contribution in [3.05, 3.63) is 117 Å². The third kappa shape index (κ3) is 5.00. The molecule has 0 bridgehead atoms. The molecule has 8 nitrogen and oxygen atoms in total. The summed E-state index contributed by atoms with van der Waals surface area (Å²) < 4.78 is 19.4. The molecule has 2 unspecified atom stereocenters. The van der Waals surface area contributed by atoms with Crippen LogP contribution in [0.3, 0.4) is 0 Å². The van der Waals surface area contributed by atoms with Crippen molar-refractivity contribution in [1.29, 1.82) is 0 Å². The third-order valence-electron chi connectivity index (χ3n) is 7.53. The Bertz CT molecular complexity index is 1970. The molecule has 0 aliphatic carbocycles. The average molecular weight is 612 g/mol. The van der Waals surface area contributed by atoms with E-state index in [0.29, 0.717) is 26.9 Å². The van der Waals surface area contributed by atoms with E-state index < -0.39 is 34.7 Å². The molecule has 1 fully saturated rings. The van der Waals surface area contributed by atoms with Crippen molar-refractivity contribution in [2.24, 2.45) is 5.92 Å². The zero-order valence-corrected chi connectivity index (χ0v) is 23.9. The molecule has 1 saturated heterocycles. The lowest BCUT2D eigenvalue weighted by Gasteiger charge is -2.30. The van der Waals surface area contributed by atoms with Gasteiger partial charge in [-0.2, -0.15) is 0 Å². The van der Waals surface area contributed by atoms with Gasteiger partial charge in [-0.3, -0.25) is 19.2 Å². The van der Waals surface area contributed by atoms with Gasteiger partial charge < -0.3 is 15.0 Å². The fraction of sp³-hybridized carbons (Fsp3) is 0.125. The van der Waals surface area contributed by atoms with Crippen LogP contribution >= 0.6 is 23.1 Å². The number of carbonyl (C=O) groups excluding carboxylic acids is 3. The van der Waals surface area contributed by atoms with E-state index in [1.807, 2.05) is 48.5 Å². The number of fused-ring (bicyclic) bond motifs is 3. The highest BCUT2D eigenvalue weighted by Crippen LogP contribution is 2.53. The first-order chi connectivity index (χ1) is 20.9. The van der Waals surface area contributed by atoms with Gasteiger partial charge in [-0.15, -0.1) is 0 Å². The van der Waals surface area contributed by atoms with Gasteiger partial charge >= 0.3 is 4.87 Å². The normalized spacial score (nSPS) is 19.3. The fourth-order valence-corrected chi connectivity index (χ4v) is 8.15. The summed E-state index contributed by atoms with van der Waals surface area (Å²) in [7, 11) is 0. The summed E-state index contributed by atoms with van der Waals surface area (Å²) in [6, 6.07) is 25.7. The van der Waals surface area contributed by atoms with Crippen LogP contribution in [0.15, 0.2) is 101 Å². The molecule has 2 aliphatic rings. The number of nitrogens with zero attached hydrogens (tertiary/aromatic N) is 1. The van der Waals surface area contributed by atoms with Crippen molar-refractivity contribution in [2.45, 2.75) is 16.2 Å². The van der Waals surface area contributed by atoms with Crippen LogP contribution in [0, 0.1) is 11.7 Å². The minimum atomic E-state index is -0.798. The maximum Gasteiger partial charge on any atom is 0.305 e. The highest BCUT2D eigenvalue weighted by molar-refractivity contribution is 8.00. The van der Waals surface area contributed by atoms with E-state index in [0.717, 1.165) is 38.8 Å². The van der Waals surface area contributed by atoms with Crippen molar-refractivity contribution in [3.8, 4) is 5.75 Å². The molecule has 1 aromatic heterocycles. The van der Waals surface area contributed by atoms with Crippen molar-refractivity contribution in [1.82, 2.24) is 4.98 Å². The summed E-state index contributed by atoms with van der Waals surface area (Å²) in [5.74, 6) is -2.67. The summed E-state index contributed by atoms with van der Waals surface area (Å²) in [4.78, 5) is 56.7. The molecule has 214 valence electrons. The van der Waals surface area contributed by atoms with Gasteiger partial charge in [0.15, 0.2) is 6.61 Å². The van der Waals surface area contributed by atoms with Gasteiger partial charge in [0.05, 0.1) is 16.6 Å². The van der Waals surface area contributed by atoms with Gasteiger partial charge in [0, 0.05) is 16.5 Å². The highest BCUT2D eigenvalue weighted by Gasteiger charge is 2.56. The Kier molecular flexibility index (Phi) is 6.83. The smallest absolute Gasteiger partial charge is 0.305 e. The van der Waals surface area contributed by atoms with Crippen LogP contribution in [0.1, 0.15) is 16.4 Å². The first-order valence-electron chi connectivity index (χ1n) is 13.4. The van der Waals surface area contributed by atoms with Gasteiger partial charge in [-0.05, 0) is 64.9 Å². The van der Waals surface area contributed by atoms with Crippen molar-refractivity contribution in [3.63, 3.8) is 0 Å². The lowest BCUT2D eigenvalue weighted by atomic mass is 9.83. The number of imide groups is 1. The Morgan fingerprint density at radius 1 is 0.907 bits per heavy atom. The molecule has 3 atom stereocenters. The number of aromatic nitrogens is 1. The number of nitrogens with one attached hydrogen (secondary N) is 2. The van der Waals surface area contributed by atoms with Gasteiger partial charge in [0.2, 0.25) is 11.8 Å². The molecule has 0 radical (unpaired) electrons. The molecule has 4 aromatic carbocycles. The molecule has 2 aliphatic heterocycles. The molecular formula is C32H22FN3O5S2. The third-order valence-corrected chi connectivity index (χ3v) is 9.93. The minimum Gasteiger partial charge on any atom is -0.484 e. The molecule has 7 rings (SSSR count). The first-order valence-corrected chi connectivity index (χ1v) is 15.1. The molecule has 0 spiro atoms. The SMILES string of the molecule is O=C(COc1cccc([C@H]2c3sc(=O)[nH]c3SC3C(=O)N(c4ccc(F)cc4)C(=O)C32)c1)Nc1ccc2ccccc2c1. The minimum absolute atomic E-state index is 0.249. The summed E-state index contributed by atoms with van der Waals surface area (Å²) in [5, 5.41) is 4.68. The van der Waals surface area contributed by atoms with E-state index in [-0.39, 0.29) is 23.1 Å². The van der Waals surface area contributed by atoms with Crippen LogP contribution in [0.25, 0.3) is 10.8 Å². The fourth-order valence-electron chi connectivity index (χ4n) is 5.63. The van der Waals surface area contributed by atoms with Gasteiger partial charge in [0.1, 0.15) is 16.8 Å². The van der Waals surface area contributed by atoms with Crippen LogP contribution in [-0.4, -0.2) is 34.6 Å². The Hall–Kier alpha value is -4.74. The van der Waals surface area contributed by atoms with E-state index in [2.05, 4.69) is 10.3 Å². The van der Waals surface area contributed by atoms with Crippen LogP contribution in [0.4, 0.5) is 15.8 Å². The van der Waals surface area contributed by atoms with Crippen LogP contribution in [0.5, 0.6) is 5.75 Å². The van der Waals surface area contributed by atoms with Gasteiger partial charge in [0.25, 0.3) is 5.91 Å². The second-order valence-electron chi connectivity index (χ2n) is 10.2. The van der Waals surface area contributed by atoms with Crippen molar-refractivity contribution >= 4 is 63.0 Å². The van der Waals surface area contributed by atoms with Gasteiger partial charge in [-0.25, -0.2) is 9.29 Å². The number of benzene rings is 4. The van der Waals surface area contributed by atoms with Crippen LogP contribution in [0.2, 0.25) is 0 Å². The number of anilines is 2. The number of ether oxygens (including phenoxy) is 1. The van der Waals surface area contributed by atoms with Gasteiger partial charge in [-0.1, -0.05) is 65.6 Å². The molecule has 11 heteroatoms. The number of aromatic amines is 1. The average Bonchev–Trinajstić information content (AvgIpc) is 3.50. The molecule has 5 aromatic rings. The van der Waals surface area contributed by atoms with E-state index in [1.165, 1.54) is 24.3 Å². The summed E-state index contributed by atoms with van der Waals surface area (Å²) in [6.45, 7) is -0.249. The number of carbonyl (C=O) groups is 3. The van der Waals surface area contributed by atoms with E-state index in [4.69, 9.17) is 4.74 Å². The second-order valence-corrected chi connectivity index (χ2v) is 12.4. The number of thiazole rings is 1. The number of thioether (sulfide) groups is 1. The molecule has 0 saturated carbocycles. The van der Waals surface area contributed by atoms with Crippen LogP contribution < -0.4 is 19.8 Å². The lowest BCUT2D eigenvalue weighted by molar-refractivity contribution is -0.122. The standard InChI is InChI=1S/C32H22FN3O5S2/c33-20-9-12-22(13-10-20)36-30(38)26-25(27-29(35-32(40)43-27)42-28(26)31(36)39)19-6-3-7-23(15-19)41-16-24(37)34-21-11-8-17-4-1-2-5-18(17)14-21/h1-15,25-26,28H,16H2,(H,34,37)(H,35,40)/t25-,26?,28?/m1/s1. The maximum atomic E-state index is 13.8. The summed E-state index contributed by atoms with van der Waals surface area (Å²) in [6.07, 6.45) is 0. The maximum absolute atomic E-state index is 13.8. The van der Waals surface area contributed by atoms with E-state index in [9.17, 15) is 23.6 Å². The topological polar surface area (TPSA) is 109 Å². The predicted octanol–water partition coefficient (Wildman–Crippen LogP) is 5.54. The van der Waals surface area contributed by atoms with Crippen LogP contribution in [-0.2, 0) is 14.4 Å². The Labute approximate surface area is 252 Å². The first kappa shape index (κ1) is 27.1. The monoisotopic (exact) mass is 611 g/mol. The zero-order valence-electron chi connectivity index (χ0n) is 22.3. The Morgan fingerprint density at radius 3 is 2.51 bits per heavy atom. The van der Waals surface area contributed by atoms with E-state index >= 15 is 0 Å². The lowest BCUT2D eigenvalue weighted by Crippen LogP contribution is -2.32. The van der Waals surface area contributed by atoms with E-state index in [1.54, 1.807) is 18.2 Å². The molecule has 2 N–H and O–H groups in total. The number of H-pyrrole nitrogens is 1. The number of hydrogen-bond acceptors (Lipinski definition) is 7.